The predicted octanol–water partition coefficient (Wildman–Crippen LogP) is 0.254. The minimum atomic E-state index is -4.37. The molecule has 9 heteroatoms. The summed E-state index contributed by atoms with van der Waals surface area (Å²) in [5, 5.41) is 4.56. The molecular formula is C16H22F3N4O2+. The van der Waals surface area contributed by atoms with E-state index in [1.807, 2.05) is 4.90 Å². The second-order valence-corrected chi connectivity index (χ2v) is 5.98. The summed E-state index contributed by atoms with van der Waals surface area (Å²) in [6.07, 6.45) is -4.37. The maximum Gasteiger partial charge on any atom is 0.416 e. The van der Waals surface area contributed by atoms with Crippen molar-refractivity contribution in [2.75, 3.05) is 38.1 Å². The molecule has 0 saturated carbocycles. The van der Waals surface area contributed by atoms with E-state index in [4.69, 9.17) is 0 Å². The second-order valence-electron chi connectivity index (χ2n) is 5.98. The van der Waals surface area contributed by atoms with Gasteiger partial charge in [-0.25, -0.2) is 4.79 Å². The van der Waals surface area contributed by atoms with Crippen LogP contribution in [0.3, 0.4) is 0 Å². The van der Waals surface area contributed by atoms with E-state index in [0.29, 0.717) is 31.9 Å². The van der Waals surface area contributed by atoms with Gasteiger partial charge in [-0.1, -0.05) is 6.07 Å². The highest BCUT2D eigenvalue weighted by Gasteiger charge is 2.33. The topological polar surface area (TPSA) is 65.9 Å². The summed E-state index contributed by atoms with van der Waals surface area (Å²) in [6, 6.07) is 4.28. The van der Waals surface area contributed by atoms with Gasteiger partial charge in [0.25, 0.3) is 5.91 Å². The number of carbonyl (C=O) groups is 2. The number of piperazine rings is 1. The predicted molar refractivity (Wildman–Crippen MR) is 86.4 cm³/mol. The first-order valence-corrected chi connectivity index (χ1v) is 8.01. The van der Waals surface area contributed by atoms with Crippen LogP contribution in [0.5, 0.6) is 0 Å². The SMILES string of the molecule is CNC(=O)NC(=O)[C@@H](C)[NH+]1CCN(c2cccc(C(F)(F)F)c2)CC1. The number of alkyl halides is 3. The Bertz CT molecular complexity index is 628. The van der Waals surface area contributed by atoms with Gasteiger partial charge in [0.1, 0.15) is 0 Å². The molecule has 1 aliphatic rings. The van der Waals surface area contributed by atoms with E-state index in [-0.39, 0.29) is 5.91 Å². The number of rotatable bonds is 3. The molecule has 0 aromatic heterocycles. The van der Waals surface area contributed by atoms with E-state index in [1.165, 1.54) is 13.1 Å². The molecule has 0 bridgehead atoms. The maximum absolute atomic E-state index is 12.8. The Morgan fingerprint density at radius 3 is 2.44 bits per heavy atom. The van der Waals surface area contributed by atoms with Gasteiger partial charge in [0.15, 0.2) is 6.04 Å². The number of anilines is 1. The largest absolute Gasteiger partial charge is 0.416 e. The lowest BCUT2D eigenvalue weighted by molar-refractivity contribution is -0.914. The first kappa shape index (κ1) is 19.0. The molecule has 6 nitrogen and oxygen atoms in total. The summed E-state index contributed by atoms with van der Waals surface area (Å²) >= 11 is 0. The van der Waals surface area contributed by atoms with Gasteiger partial charge < -0.3 is 15.1 Å². The highest BCUT2D eigenvalue weighted by molar-refractivity contribution is 5.96. The van der Waals surface area contributed by atoms with Crippen LogP contribution in [-0.4, -0.2) is 51.2 Å². The molecule has 0 spiro atoms. The average Bonchev–Trinajstić information content (AvgIpc) is 2.60. The summed E-state index contributed by atoms with van der Waals surface area (Å²) < 4.78 is 38.5. The molecule has 138 valence electrons. The molecule has 0 aliphatic carbocycles. The Balaban J connectivity index is 1.95. The van der Waals surface area contributed by atoms with Crippen LogP contribution < -0.4 is 20.4 Å². The number of nitrogens with one attached hydrogen (secondary N) is 3. The number of benzene rings is 1. The van der Waals surface area contributed by atoms with Crippen molar-refractivity contribution in [1.29, 1.82) is 0 Å². The van der Waals surface area contributed by atoms with E-state index in [1.54, 1.807) is 13.0 Å². The van der Waals surface area contributed by atoms with Crippen molar-refractivity contribution in [2.24, 2.45) is 0 Å². The van der Waals surface area contributed by atoms with Crippen LogP contribution in [0.15, 0.2) is 24.3 Å². The Morgan fingerprint density at radius 2 is 1.88 bits per heavy atom. The number of carbonyl (C=O) groups excluding carboxylic acids is 2. The number of urea groups is 1. The van der Waals surface area contributed by atoms with Crippen LogP contribution >= 0.6 is 0 Å². The van der Waals surface area contributed by atoms with E-state index in [9.17, 15) is 22.8 Å². The third-order valence-electron chi connectivity index (χ3n) is 4.41. The molecule has 0 radical (unpaired) electrons. The van der Waals surface area contributed by atoms with Gasteiger partial charge >= 0.3 is 12.2 Å². The lowest BCUT2D eigenvalue weighted by Gasteiger charge is -2.36. The van der Waals surface area contributed by atoms with Crippen molar-refractivity contribution >= 4 is 17.6 Å². The summed E-state index contributed by atoms with van der Waals surface area (Å²) in [5.41, 5.74) is -0.144. The maximum atomic E-state index is 12.8. The van der Waals surface area contributed by atoms with Crippen LogP contribution in [0.25, 0.3) is 0 Å². The number of hydrogen-bond donors (Lipinski definition) is 3. The van der Waals surface area contributed by atoms with E-state index in [0.717, 1.165) is 17.0 Å². The van der Waals surface area contributed by atoms with Gasteiger partial charge in [-0.15, -0.1) is 0 Å². The molecule has 3 N–H and O–H groups in total. The Hall–Kier alpha value is -2.29. The van der Waals surface area contributed by atoms with Crippen molar-refractivity contribution in [1.82, 2.24) is 10.6 Å². The van der Waals surface area contributed by atoms with Gasteiger partial charge in [-0.3, -0.25) is 10.1 Å². The Labute approximate surface area is 144 Å². The first-order chi connectivity index (χ1) is 11.7. The number of halogens is 3. The number of hydrogen-bond acceptors (Lipinski definition) is 3. The van der Waals surface area contributed by atoms with Gasteiger partial charge in [0.2, 0.25) is 0 Å². The zero-order valence-electron chi connectivity index (χ0n) is 14.1. The van der Waals surface area contributed by atoms with E-state index in [2.05, 4.69) is 10.6 Å². The summed E-state index contributed by atoms with van der Waals surface area (Å²) in [4.78, 5) is 26.1. The fourth-order valence-electron chi connectivity index (χ4n) is 2.83. The van der Waals surface area contributed by atoms with Crippen molar-refractivity contribution in [3.8, 4) is 0 Å². The summed E-state index contributed by atoms with van der Waals surface area (Å²) in [6.45, 7) is 3.99. The second kappa shape index (κ2) is 7.73. The lowest BCUT2D eigenvalue weighted by atomic mass is 10.1. The van der Waals surface area contributed by atoms with Gasteiger partial charge in [0, 0.05) is 12.7 Å². The van der Waals surface area contributed by atoms with E-state index >= 15 is 0 Å². The molecule has 1 fully saturated rings. The lowest BCUT2D eigenvalue weighted by Crippen LogP contribution is -3.19. The van der Waals surface area contributed by atoms with Crippen LogP contribution in [0.4, 0.5) is 23.7 Å². The molecule has 1 aliphatic heterocycles. The zero-order valence-corrected chi connectivity index (χ0v) is 14.1. The third-order valence-corrected chi connectivity index (χ3v) is 4.41. The first-order valence-electron chi connectivity index (χ1n) is 8.01. The highest BCUT2D eigenvalue weighted by atomic mass is 19.4. The fourth-order valence-corrected chi connectivity index (χ4v) is 2.83. The Kier molecular flexibility index (Phi) is 5.89. The minimum absolute atomic E-state index is 0.373. The number of imide groups is 1. The van der Waals surface area contributed by atoms with Crippen LogP contribution in [-0.2, 0) is 11.0 Å². The molecule has 1 atom stereocenters. The van der Waals surface area contributed by atoms with Gasteiger partial charge in [-0.2, -0.15) is 13.2 Å². The van der Waals surface area contributed by atoms with Gasteiger partial charge in [-0.05, 0) is 25.1 Å². The molecule has 1 aromatic rings. The van der Waals surface area contributed by atoms with Crippen LogP contribution in [0, 0.1) is 0 Å². The standard InChI is InChI=1S/C16H21F3N4O2/c1-11(14(24)21-15(25)20-2)22-6-8-23(9-7-22)13-5-3-4-12(10-13)16(17,18)19/h3-5,10-11H,6-9H2,1-2H3,(H2,20,21,24,25)/p+1/t11-/m1/s1. The molecule has 1 aromatic carbocycles. The highest BCUT2D eigenvalue weighted by Crippen LogP contribution is 2.31. The third kappa shape index (κ3) is 4.85. The Morgan fingerprint density at radius 1 is 1.24 bits per heavy atom. The van der Waals surface area contributed by atoms with Crippen LogP contribution in [0.2, 0.25) is 0 Å². The zero-order chi connectivity index (χ0) is 18.6. The quantitative estimate of drug-likeness (QED) is 0.725. The molecule has 1 saturated heterocycles. The summed E-state index contributed by atoms with van der Waals surface area (Å²) in [5.74, 6) is -0.373. The monoisotopic (exact) mass is 359 g/mol. The number of quaternary nitrogens is 1. The minimum Gasteiger partial charge on any atom is -0.360 e. The molecular weight excluding hydrogens is 337 g/mol. The number of nitrogens with zero attached hydrogens (tertiary/aromatic N) is 1. The van der Waals surface area contributed by atoms with Crippen molar-refractivity contribution in [3.05, 3.63) is 29.8 Å². The van der Waals surface area contributed by atoms with Crippen LogP contribution in [0.1, 0.15) is 12.5 Å². The molecule has 2 rings (SSSR count). The van der Waals surface area contributed by atoms with Crippen molar-refractivity contribution in [3.63, 3.8) is 0 Å². The smallest absolute Gasteiger partial charge is 0.360 e. The summed E-state index contributed by atoms with van der Waals surface area (Å²) in [7, 11) is 1.42. The van der Waals surface area contributed by atoms with E-state index < -0.39 is 23.8 Å². The van der Waals surface area contributed by atoms with Gasteiger partial charge in [0.05, 0.1) is 31.7 Å². The molecule has 0 unspecified atom stereocenters. The molecule has 1 heterocycles. The van der Waals surface area contributed by atoms with Crippen molar-refractivity contribution < 1.29 is 27.7 Å². The van der Waals surface area contributed by atoms with Crippen molar-refractivity contribution in [2.45, 2.75) is 19.1 Å². The molecule has 25 heavy (non-hydrogen) atoms. The fraction of sp³-hybridized carbons (Fsp3) is 0.500. The average molecular weight is 359 g/mol. The normalized spacial score (nSPS) is 17.1. The number of amides is 3. The molecule has 3 amide bonds.